The van der Waals surface area contributed by atoms with Crippen molar-refractivity contribution in [3.63, 3.8) is 0 Å². The highest BCUT2D eigenvalue weighted by molar-refractivity contribution is 5.86. The molecule has 0 fully saturated rings. The largest absolute Gasteiger partial charge is 0.484 e. The van der Waals surface area contributed by atoms with Gasteiger partial charge in [-0.05, 0) is 26.8 Å². The van der Waals surface area contributed by atoms with E-state index in [1.807, 2.05) is 6.92 Å². The van der Waals surface area contributed by atoms with Crippen LogP contribution in [0.5, 0.6) is 0 Å². The summed E-state index contributed by atoms with van der Waals surface area (Å²) in [7, 11) is 0. The molecule has 0 unspecified atom stereocenters. The molecule has 4 nitrogen and oxygen atoms in total. The van der Waals surface area contributed by atoms with E-state index in [4.69, 9.17) is 14.2 Å². The zero-order valence-corrected chi connectivity index (χ0v) is 9.04. The molecule has 0 spiro atoms. The highest BCUT2D eigenvalue weighted by atomic mass is 16.6. The number of carbonyl (C=O) groups is 1. The average Bonchev–Trinajstić information content (AvgIpc) is 2.18. The molecular weight excluding hydrogens is 184 g/mol. The molecule has 0 rings (SSSR count). The number of rotatable bonds is 7. The third-order valence-electron chi connectivity index (χ3n) is 1.43. The van der Waals surface area contributed by atoms with Crippen molar-refractivity contribution in [3.8, 4) is 0 Å². The standard InChI is InChI=1S/C10H18O4/c1-4-9(10(11)13-6-3)14-8-7-12-5-2/h4H,5-8H2,1-3H3. The molecular formula is C10H18O4. The van der Waals surface area contributed by atoms with Crippen molar-refractivity contribution in [2.75, 3.05) is 26.4 Å². The first-order valence-electron chi connectivity index (χ1n) is 4.80. The van der Waals surface area contributed by atoms with Gasteiger partial charge in [-0.2, -0.15) is 0 Å². The van der Waals surface area contributed by atoms with Crippen LogP contribution in [0.25, 0.3) is 0 Å². The van der Waals surface area contributed by atoms with Crippen LogP contribution in [0.1, 0.15) is 20.8 Å². The molecule has 0 N–H and O–H groups in total. The first-order chi connectivity index (χ1) is 6.76. The van der Waals surface area contributed by atoms with Gasteiger partial charge >= 0.3 is 5.97 Å². The smallest absolute Gasteiger partial charge is 0.373 e. The monoisotopic (exact) mass is 202 g/mol. The summed E-state index contributed by atoms with van der Waals surface area (Å²) in [5.41, 5.74) is 0. The Balaban J connectivity index is 3.75. The van der Waals surface area contributed by atoms with Gasteiger partial charge < -0.3 is 14.2 Å². The number of hydrogen-bond donors (Lipinski definition) is 0. The molecule has 0 aliphatic heterocycles. The van der Waals surface area contributed by atoms with Crippen LogP contribution in [0.15, 0.2) is 11.8 Å². The third-order valence-corrected chi connectivity index (χ3v) is 1.43. The Labute approximate surface area is 84.8 Å². The van der Waals surface area contributed by atoms with Crippen molar-refractivity contribution in [1.82, 2.24) is 0 Å². The summed E-state index contributed by atoms with van der Waals surface area (Å²) >= 11 is 0. The van der Waals surface area contributed by atoms with E-state index in [0.717, 1.165) is 0 Å². The highest BCUT2D eigenvalue weighted by Crippen LogP contribution is 2.00. The predicted molar refractivity (Wildman–Crippen MR) is 52.8 cm³/mol. The zero-order valence-electron chi connectivity index (χ0n) is 9.04. The Morgan fingerprint density at radius 2 is 1.86 bits per heavy atom. The van der Waals surface area contributed by atoms with Crippen LogP contribution in [-0.4, -0.2) is 32.4 Å². The lowest BCUT2D eigenvalue weighted by Gasteiger charge is -2.08. The maximum atomic E-state index is 11.2. The number of carbonyl (C=O) groups excluding carboxylic acids is 1. The van der Waals surface area contributed by atoms with E-state index in [9.17, 15) is 4.79 Å². The lowest BCUT2D eigenvalue weighted by molar-refractivity contribution is -0.142. The fraction of sp³-hybridized carbons (Fsp3) is 0.700. The van der Waals surface area contributed by atoms with E-state index in [0.29, 0.717) is 26.4 Å². The maximum Gasteiger partial charge on any atom is 0.373 e. The van der Waals surface area contributed by atoms with Gasteiger partial charge in [-0.3, -0.25) is 0 Å². The second-order valence-electron chi connectivity index (χ2n) is 2.42. The average molecular weight is 202 g/mol. The molecule has 82 valence electrons. The van der Waals surface area contributed by atoms with Crippen LogP contribution in [0.2, 0.25) is 0 Å². The van der Waals surface area contributed by atoms with Gasteiger partial charge in [-0.1, -0.05) is 0 Å². The quantitative estimate of drug-likeness (QED) is 0.272. The lowest BCUT2D eigenvalue weighted by Crippen LogP contribution is -2.13. The molecule has 0 aliphatic rings. The molecule has 0 atom stereocenters. The molecule has 0 aromatic heterocycles. The van der Waals surface area contributed by atoms with Gasteiger partial charge in [0.05, 0.1) is 13.2 Å². The molecule has 0 heterocycles. The van der Waals surface area contributed by atoms with Gasteiger partial charge in [-0.25, -0.2) is 4.79 Å². The molecule has 0 aliphatic carbocycles. The van der Waals surface area contributed by atoms with Crippen LogP contribution in [0.4, 0.5) is 0 Å². The molecule has 0 aromatic rings. The van der Waals surface area contributed by atoms with Gasteiger partial charge in [0, 0.05) is 6.61 Å². The summed E-state index contributed by atoms with van der Waals surface area (Å²) in [6.45, 7) is 7.23. The van der Waals surface area contributed by atoms with Crippen LogP contribution in [-0.2, 0) is 19.0 Å². The lowest BCUT2D eigenvalue weighted by atomic mass is 10.4. The van der Waals surface area contributed by atoms with Crippen LogP contribution in [0, 0.1) is 0 Å². The van der Waals surface area contributed by atoms with E-state index in [1.165, 1.54) is 0 Å². The minimum atomic E-state index is -0.425. The number of hydrogen-bond acceptors (Lipinski definition) is 4. The topological polar surface area (TPSA) is 44.8 Å². The van der Waals surface area contributed by atoms with E-state index in [-0.39, 0.29) is 5.76 Å². The molecule has 0 saturated heterocycles. The van der Waals surface area contributed by atoms with Gasteiger partial charge in [0.1, 0.15) is 6.61 Å². The Hall–Kier alpha value is -1.03. The summed E-state index contributed by atoms with van der Waals surface area (Å²) in [4.78, 5) is 11.2. The van der Waals surface area contributed by atoms with Crippen molar-refractivity contribution in [3.05, 3.63) is 11.8 Å². The molecule has 0 amide bonds. The van der Waals surface area contributed by atoms with Crippen LogP contribution in [0.3, 0.4) is 0 Å². The predicted octanol–water partition coefficient (Wildman–Crippen LogP) is 1.51. The van der Waals surface area contributed by atoms with Gasteiger partial charge in [0.15, 0.2) is 5.76 Å². The van der Waals surface area contributed by atoms with Crippen molar-refractivity contribution in [2.45, 2.75) is 20.8 Å². The van der Waals surface area contributed by atoms with Crippen molar-refractivity contribution >= 4 is 5.97 Å². The van der Waals surface area contributed by atoms with Crippen molar-refractivity contribution in [1.29, 1.82) is 0 Å². The van der Waals surface area contributed by atoms with Crippen molar-refractivity contribution < 1.29 is 19.0 Å². The molecule has 0 aromatic carbocycles. The fourth-order valence-electron chi connectivity index (χ4n) is 0.817. The van der Waals surface area contributed by atoms with E-state index >= 15 is 0 Å². The third kappa shape index (κ3) is 5.59. The first kappa shape index (κ1) is 13.0. The number of esters is 1. The van der Waals surface area contributed by atoms with E-state index in [1.54, 1.807) is 19.9 Å². The Morgan fingerprint density at radius 1 is 1.14 bits per heavy atom. The summed E-state index contributed by atoms with van der Waals surface area (Å²) < 4.78 is 15.0. The van der Waals surface area contributed by atoms with Crippen LogP contribution >= 0.6 is 0 Å². The molecule has 0 saturated carbocycles. The summed E-state index contributed by atoms with van der Waals surface area (Å²) in [5, 5.41) is 0. The number of allylic oxidation sites excluding steroid dienone is 1. The summed E-state index contributed by atoms with van der Waals surface area (Å²) in [5.74, 6) is -0.182. The second-order valence-corrected chi connectivity index (χ2v) is 2.42. The van der Waals surface area contributed by atoms with Crippen LogP contribution < -0.4 is 0 Å². The maximum absolute atomic E-state index is 11.2. The molecule has 4 heteroatoms. The molecule has 0 bridgehead atoms. The first-order valence-corrected chi connectivity index (χ1v) is 4.80. The minimum absolute atomic E-state index is 0.242. The van der Waals surface area contributed by atoms with Gasteiger partial charge in [0.2, 0.25) is 0 Å². The Morgan fingerprint density at radius 3 is 2.36 bits per heavy atom. The summed E-state index contributed by atoms with van der Waals surface area (Å²) in [6.07, 6.45) is 1.59. The zero-order chi connectivity index (χ0) is 10.8. The minimum Gasteiger partial charge on any atom is -0.484 e. The second kappa shape index (κ2) is 8.56. The Bertz CT molecular complexity index is 187. The van der Waals surface area contributed by atoms with E-state index < -0.39 is 5.97 Å². The van der Waals surface area contributed by atoms with Crippen molar-refractivity contribution in [2.24, 2.45) is 0 Å². The highest BCUT2D eigenvalue weighted by Gasteiger charge is 2.09. The summed E-state index contributed by atoms with van der Waals surface area (Å²) in [6, 6.07) is 0. The molecule has 14 heavy (non-hydrogen) atoms. The Kier molecular flexibility index (Phi) is 7.93. The van der Waals surface area contributed by atoms with Gasteiger partial charge in [-0.15, -0.1) is 0 Å². The normalized spacial score (nSPS) is 11.2. The van der Waals surface area contributed by atoms with E-state index in [2.05, 4.69) is 0 Å². The number of ether oxygens (including phenoxy) is 3. The molecule has 0 radical (unpaired) electrons. The van der Waals surface area contributed by atoms with Gasteiger partial charge in [0.25, 0.3) is 0 Å². The fourth-order valence-corrected chi connectivity index (χ4v) is 0.817. The SMILES string of the molecule is CC=C(OCCOCC)C(=O)OCC.